The number of nitrogens with two attached hydrogens (primary N) is 1. The third kappa shape index (κ3) is 2.85. The summed E-state index contributed by atoms with van der Waals surface area (Å²) in [7, 11) is 0. The topological polar surface area (TPSA) is 70.1 Å². The van der Waals surface area contributed by atoms with E-state index in [2.05, 4.69) is 35.3 Å². The minimum absolute atomic E-state index is 0.179. The van der Waals surface area contributed by atoms with Gasteiger partial charge in [0, 0.05) is 35.5 Å². The van der Waals surface area contributed by atoms with Crippen LogP contribution in [0.25, 0.3) is 5.69 Å². The molecule has 6 heteroatoms. The number of hydrogen-bond acceptors (Lipinski definition) is 4. The van der Waals surface area contributed by atoms with Gasteiger partial charge >= 0.3 is 0 Å². The van der Waals surface area contributed by atoms with Crippen molar-refractivity contribution in [3.05, 3.63) is 70.4 Å². The van der Waals surface area contributed by atoms with Gasteiger partial charge in [-0.3, -0.25) is 4.79 Å². The second kappa shape index (κ2) is 6.70. The monoisotopic (exact) mass is 367 g/mol. The molecule has 1 aromatic carbocycles. The van der Waals surface area contributed by atoms with Gasteiger partial charge in [0.2, 0.25) is 5.91 Å². The molecule has 2 unspecified atom stereocenters. The Bertz CT molecular complexity index is 902. The summed E-state index contributed by atoms with van der Waals surface area (Å²) in [5.74, 6) is 0.509. The van der Waals surface area contributed by atoms with E-state index in [-0.39, 0.29) is 11.8 Å². The molecule has 1 aliphatic rings. The Hall–Kier alpha value is -2.44. The lowest BCUT2D eigenvalue weighted by Crippen LogP contribution is -2.42. The molecular formula is C20H21N3O2S. The smallest absolute Gasteiger partial charge is 0.220 e. The van der Waals surface area contributed by atoms with Crippen molar-refractivity contribution in [3.63, 3.8) is 0 Å². The van der Waals surface area contributed by atoms with Crippen LogP contribution >= 0.6 is 11.3 Å². The van der Waals surface area contributed by atoms with E-state index in [0.717, 1.165) is 22.0 Å². The number of carbonyl (C=O) groups excluding carboxylic acids is 1. The van der Waals surface area contributed by atoms with Gasteiger partial charge in [-0.25, -0.2) is 4.98 Å². The van der Waals surface area contributed by atoms with E-state index in [4.69, 9.17) is 10.5 Å². The molecular weight excluding hydrogens is 346 g/mol. The molecule has 0 saturated carbocycles. The minimum atomic E-state index is -0.616. The van der Waals surface area contributed by atoms with Crippen LogP contribution in [0, 0.1) is 12.8 Å². The predicted octanol–water partition coefficient (Wildman–Crippen LogP) is 3.40. The van der Waals surface area contributed by atoms with Crippen LogP contribution in [0.2, 0.25) is 0 Å². The second-order valence-electron chi connectivity index (χ2n) is 6.64. The van der Waals surface area contributed by atoms with Crippen molar-refractivity contribution in [1.29, 1.82) is 0 Å². The number of thiophene rings is 1. The fraction of sp³-hybridized carbons (Fsp3) is 0.300. The number of primary amides is 1. The van der Waals surface area contributed by atoms with Gasteiger partial charge in [-0.05, 0) is 48.9 Å². The lowest BCUT2D eigenvalue weighted by Gasteiger charge is -2.40. The van der Waals surface area contributed by atoms with Crippen molar-refractivity contribution in [2.45, 2.75) is 25.4 Å². The Morgan fingerprint density at radius 1 is 1.35 bits per heavy atom. The molecule has 3 heterocycles. The molecule has 2 atom stereocenters. The van der Waals surface area contributed by atoms with Crippen LogP contribution in [0.1, 0.15) is 29.1 Å². The van der Waals surface area contributed by atoms with Crippen molar-refractivity contribution in [3.8, 4) is 5.69 Å². The highest BCUT2D eigenvalue weighted by atomic mass is 32.1. The van der Waals surface area contributed by atoms with Crippen molar-refractivity contribution >= 4 is 17.2 Å². The minimum Gasteiger partial charge on any atom is -0.369 e. The third-order valence-electron chi connectivity index (χ3n) is 5.11. The number of amides is 1. The van der Waals surface area contributed by atoms with Crippen LogP contribution in [0.3, 0.4) is 0 Å². The van der Waals surface area contributed by atoms with Crippen LogP contribution in [-0.4, -0.2) is 22.1 Å². The van der Waals surface area contributed by atoms with Gasteiger partial charge in [0.05, 0.1) is 0 Å². The number of aromatic nitrogens is 2. The Kier molecular flexibility index (Phi) is 4.38. The van der Waals surface area contributed by atoms with Crippen LogP contribution < -0.4 is 5.73 Å². The molecule has 0 spiro atoms. The number of aryl methyl sites for hydroxylation is 1. The van der Waals surface area contributed by atoms with Crippen molar-refractivity contribution in [2.24, 2.45) is 11.7 Å². The van der Waals surface area contributed by atoms with Gasteiger partial charge in [0.1, 0.15) is 11.4 Å². The van der Waals surface area contributed by atoms with Gasteiger partial charge in [0.15, 0.2) is 0 Å². The number of benzene rings is 1. The summed E-state index contributed by atoms with van der Waals surface area (Å²) in [5, 5.41) is 2.04. The molecule has 1 amide bonds. The number of rotatable bonds is 4. The largest absolute Gasteiger partial charge is 0.369 e. The van der Waals surface area contributed by atoms with Gasteiger partial charge in [-0.2, -0.15) is 0 Å². The van der Waals surface area contributed by atoms with Gasteiger partial charge in [-0.15, -0.1) is 11.3 Å². The zero-order valence-corrected chi connectivity index (χ0v) is 15.4. The molecule has 1 saturated heterocycles. The maximum Gasteiger partial charge on any atom is 0.220 e. The Morgan fingerprint density at radius 3 is 2.77 bits per heavy atom. The first-order valence-electron chi connectivity index (χ1n) is 8.68. The Labute approximate surface area is 156 Å². The number of imidazole rings is 1. The standard InChI is InChI=1S/C20H21N3O2S/c1-14-22-9-10-23(14)17-6-4-16(5-7-17)20(18-3-2-12-26-18)13-15(19(21)24)8-11-25-20/h2-7,9-10,12,15H,8,11,13H2,1H3,(H2,21,24). The fourth-order valence-electron chi connectivity index (χ4n) is 3.69. The highest BCUT2D eigenvalue weighted by Crippen LogP contribution is 2.45. The molecule has 5 nitrogen and oxygen atoms in total. The molecule has 4 rings (SSSR count). The number of carbonyl (C=O) groups is 1. The van der Waals surface area contributed by atoms with Crippen LogP contribution in [-0.2, 0) is 15.1 Å². The second-order valence-corrected chi connectivity index (χ2v) is 7.58. The molecule has 2 aromatic heterocycles. The SMILES string of the molecule is Cc1nccn1-c1ccc(C2(c3cccs3)CC(C(N)=O)CCO2)cc1. The van der Waals surface area contributed by atoms with E-state index in [1.54, 1.807) is 17.5 Å². The summed E-state index contributed by atoms with van der Waals surface area (Å²) in [6.45, 7) is 2.50. The van der Waals surface area contributed by atoms with E-state index in [1.807, 2.05) is 29.1 Å². The van der Waals surface area contributed by atoms with E-state index in [0.29, 0.717) is 19.4 Å². The summed E-state index contributed by atoms with van der Waals surface area (Å²) in [4.78, 5) is 17.2. The average Bonchev–Trinajstić information content (AvgIpc) is 3.34. The summed E-state index contributed by atoms with van der Waals surface area (Å²) in [5.41, 5.74) is 7.10. The molecule has 26 heavy (non-hydrogen) atoms. The van der Waals surface area contributed by atoms with E-state index in [9.17, 15) is 4.79 Å². The van der Waals surface area contributed by atoms with Gasteiger partial charge < -0.3 is 15.0 Å². The van der Waals surface area contributed by atoms with Crippen molar-refractivity contribution < 1.29 is 9.53 Å². The van der Waals surface area contributed by atoms with Gasteiger partial charge in [0.25, 0.3) is 0 Å². The predicted molar refractivity (Wildman–Crippen MR) is 101 cm³/mol. The number of hydrogen-bond donors (Lipinski definition) is 1. The molecule has 1 aliphatic heterocycles. The highest BCUT2D eigenvalue weighted by Gasteiger charge is 2.43. The Balaban J connectivity index is 1.75. The Morgan fingerprint density at radius 2 is 2.15 bits per heavy atom. The quantitative estimate of drug-likeness (QED) is 0.768. The maximum atomic E-state index is 11.8. The first-order chi connectivity index (χ1) is 12.6. The number of ether oxygens (including phenoxy) is 1. The zero-order valence-electron chi connectivity index (χ0n) is 14.6. The van der Waals surface area contributed by atoms with E-state index >= 15 is 0 Å². The molecule has 0 bridgehead atoms. The molecule has 134 valence electrons. The van der Waals surface area contributed by atoms with Crippen LogP contribution in [0.15, 0.2) is 54.2 Å². The summed E-state index contributed by atoms with van der Waals surface area (Å²) in [6.07, 6.45) is 4.98. The van der Waals surface area contributed by atoms with E-state index < -0.39 is 5.60 Å². The van der Waals surface area contributed by atoms with Crippen LogP contribution in [0.5, 0.6) is 0 Å². The normalized spacial score (nSPS) is 23.0. The molecule has 0 radical (unpaired) electrons. The van der Waals surface area contributed by atoms with Crippen molar-refractivity contribution in [2.75, 3.05) is 6.61 Å². The lowest BCUT2D eigenvalue weighted by atomic mass is 9.79. The lowest BCUT2D eigenvalue weighted by molar-refractivity contribution is -0.132. The third-order valence-corrected chi connectivity index (χ3v) is 6.12. The van der Waals surface area contributed by atoms with Crippen LogP contribution in [0.4, 0.5) is 0 Å². The first kappa shape index (κ1) is 17.0. The zero-order chi connectivity index (χ0) is 18.1. The highest BCUT2D eigenvalue weighted by molar-refractivity contribution is 7.10. The van der Waals surface area contributed by atoms with Crippen molar-refractivity contribution in [1.82, 2.24) is 9.55 Å². The maximum absolute atomic E-state index is 11.8. The summed E-state index contributed by atoms with van der Waals surface area (Å²) in [6, 6.07) is 12.4. The summed E-state index contributed by atoms with van der Waals surface area (Å²) >= 11 is 1.65. The molecule has 0 aliphatic carbocycles. The fourth-order valence-corrected chi connectivity index (χ4v) is 4.60. The summed E-state index contributed by atoms with van der Waals surface area (Å²) < 4.78 is 8.35. The first-order valence-corrected chi connectivity index (χ1v) is 9.56. The van der Waals surface area contributed by atoms with Gasteiger partial charge in [-0.1, -0.05) is 18.2 Å². The molecule has 2 N–H and O–H groups in total. The average molecular weight is 367 g/mol. The van der Waals surface area contributed by atoms with E-state index in [1.165, 1.54) is 0 Å². The molecule has 3 aromatic rings. The number of nitrogens with zero attached hydrogens (tertiary/aromatic N) is 2. The molecule has 1 fully saturated rings.